The summed E-state index contributed by atoms with van der Waals surface area (Å²) in [6.07, 6.45) is 4.26. The zero-order valence-electron chi connectivity index (χ0n) is 13.5. The first-order valence-corrected chi connectivity index (χ1v) is 8.15. The Morgan fingerprint density at radius 2 is 2.13 bits per heavy atom. The first-order chi connectivity index (χ1) is 11.1. The van der Waals surface area contributed by atoms with Crippen LogP contribution in [0, 0.1) is 5.41 Å². The summed E-state index contributed by atoms with van der Waals surface area (Å²) in [6, 6.07) is 10.3. The van der Waals surface area contributed by atoms with Crippen LogP contribution in [0.15, 0.2) is 43.0 Å². The van der Waals surface area contributed by atoms with Crippen molar-refractivity contribution in [3.05, 3.63) is 48.6 Å². The number of ketones is 1. The van der Waals surface area contributed by atoms with E-state index in [2.05, 4.69) is 23.6 Å². The van der Waals surface area contributed by atoms with Crippen LogP contribution in [0.4, 0.5) is 0 Å². The third-order valence-electron chi connectivity index (χ3n) is 5.35. The fourth-order valence-corrected chi connectivity index (χ4v) is 4.29. The maximum absolute atomic E-state index is 12.8. The number of benzene rings is 1. The average molecular weight is 313 g/mol. The van der Waals surface area contributed by atoms with E-state index < -0.39 is 11.4 Å². The molecular formula is C19H23NO3. The highest BCUT2D eigenvalue weighted by Gasteiger charge is 2.60. The third-order valence-corrected chi connectivity index (χ3v) is 5.35. The van der Waals surface area contributed by atoms with Gasteiger partial charge >= 0.3 is 5.97 Å². The lowest BCUT2D eigenvalue weighted by molar-refractivity contribution is -0.166. The Balaban J connectivity index is 1.96. The van der Waals surface area contributed by atoms with Crippen LogP contribution in [0.1, 0.15) is 31.2 Å². The van der Waals surface area contributed by atoms with E-state index in [-0.39, 0.29) is 17.9 Å². The molecule has 4 nitrogen and oxygen atoms in total. The van der Waals surface area contributed by atoms with Gasteiger partial charge in [-0.3, -0.25) is 14.5 Å². The first-order valence-electron chi connectivity index (χ1n) is 8.15. The second kappa shape index (κ2) is 6.28. The van der Waals surface area contributed by atoms with Gasteiger partial charge in [0.2, 0.25) is 0 Å². The summed E-state index contributed by atoms with van der Waals surface area (Å²) < 4.78 is 5.03. The molecule has 0 amide bonds. The second-order valence-electron chi connectivity index (χ2n) is 6.49. The maximum atomic E-state index is 12.8. The number of methoxy groups -OCH3 is 1. The van der Waals surface area contributed by atoms with Crippen molar-refractivity contribution in [1.82, 2.24) is 4.90 Å². The number of rotatable bonds is 5. The van der Waals surface area contributed by atoms with Gasteiger partial charge in [0.1, 0.15) is 5.41 Å². The van der Waals surface area contributed by atoms with E-state index in [1.54, 1.807) is 6.08 Å². The molecule has 2 aliphatic rings. The Morgan fingerprint density at radius 3 is 2.78 bits per heavy atom. The van der Waals surface area contributed by atoms with Gasteiger partial charge in [-0.05, 0) is 24.8 Å². The van der Waals surface area contributed by atoms with Crippen LogP contribution in [-0.4, -0.2) is 35.8 Å². The smallest absolute Gasteiger partial charge is 0.321 e. The molecular weight excluding hydrogens is 290 g/mol. The number of hydrogen-bond donors (Lipinski definition) is 0. The van der Waals surface area contributed by atoms with E-state index >= 15 is 0 Å². The SMILES string of the molecule is C=CC[C@]1(C(=O)OC)C(=O)C[C@H]2CC[C@@H]1N2Cc1ccccc1. The normalized spacial score (nSPS) is 30.2. The topological polar surface area (TPSA) is 46.6 Å². The van der Waals surface area contributed by atoms with Crippen molar-refractivity contribution in [3.63, 3.8) is 0 Å². The minimum Gasteiger partial charge on any atom is -0.468 e. The number of piperidine rings is 1. The fourth-order valence-electron chi connectivity index (χ4n) is 4.29. The van der Waals surface area contributed by atoms with Gasteiger partial charge in [0, 0.05) is 25.0 Å². The summed E-state index contributed by atoms with van der Waals surface area (Å²) >= 11 is 0. The van der Waals surface area contributed by atoms with E-state index in [0.717, 1.165) is 19.4 Å². The molecule has 0 unspecified atom stereocenters. The molecule has 2 heterocycles. The average Bonchev–Trinajstić information content (AvgIpc) is 2.88. The highest BCUT2D eigenvalue weighted by molar-refractivity contribution is 6.06. The van der Waals surface area contributed by atoms with E-state index in [1.165, 1.54) is 12.7 Å². The van der Waals surface area contributed by atoms with Gasteiger partial charge in [0.15, 0.2) is 5.78 Å². The Labute approximate surface area is 137 Å². The summed E-state index contributed by atoms with van der Waals surface area (Å²) in [7, 11) is 1.36. The zero-order valence-corrected chi connectivity index (χ0v) is 13.5. The summed E-state index contributed by atoms with van der Waals surface area (Å²) in [5, 5.41) is 0. The first kappa shape index (κ1) is 15.9. The Bertz CT molecular complexity index is 612. The van der Waals surface area contributed by atoms with Gasteiger partial charge < -0.3 is 4.74 Å². The number of Topliss-reactive ketones (excluding diaryl/α,β-unsaturated/α-hetero) is 1. The minimum atomic E-state index is -1.09. The molecule has 0 saturated carbocycles. The predicted molar refractivity (Wildman–Crippen MR) is 87.7 cm³/mol. The Kier molecular flexibility index (Phi) is 4.35. The van der Waals surface area contributed by atoms with E-state index in [0.29, 0.717) is 12.8 Å². The Morgan fingerprint density at radius 1 is 1.39 bits per heavy atom. The van der Waals surface area contributed by atoms with Crippen LogP contribution in [0.2, 0.25) is 0 Å². The van der Waals surface area contributed by atoms with Crippen molar-refractivity contribution < 1.29 is 14.3 Å². The Hall–Kier alpha value is -1.94. The highest BCUT2D eigenvalue weighted by Crippen LogP contribution is 2.48. The number of nitrogens with zero attached hydrogens (tertiary/aromatic N) is 1. The lowest BCUT2D eigenvalue weighted by Gasteiger charge is -2.45. The number of esters is 1. The van der Waals surface area contributed by atoms with Crippen molar-refractivity contribution in [2.24, 2.45) is 5.41 Å². The molecule has 4 heteroatoms. The molecule has 3 atom stereocenters. The monoisotopic (exact) mass is 313 g/mol. The number of allylic oxidation sites excluding steroid dienone is 1. The lowest BCUT2D eigenvalue weighted by atomic mass is 9.70. The molecule has 23 heavy (non-hydrogen) atoms. The van der Waals surface area contributed by atoms with Crippen molar-refractivity contribution in [2.75, 3.05) is 7.11 Å². The minimum absolute atomic E-state index is 0.0149. The molecule has 0 radical (unpaired) electrons. The molecule has 2 saturated heterocycles. The maximum Gasteiger partial charge on any atom is 0.321 e. The molecule has 2 bridgehead atoms. The lowest BCUT2D eigenvalue weighted by Crippen LogP contribution is -2.60. The number of fused-ring (bicyclic) bond motifs is 2. The third kappa shape index (κ3) is 2.51. The predicted octanol–water partition coefficient (Wildman–Crippen LogP) is 2.73. The van der Waals surface area contributed by atoms with E-state index in [4.69, 9.17) is 4.74 Å². The molecule has 3 rings (SSSR count). The van der Waals surface area contributed by atoms with Crippen LogP contribution in [0.25, 0.3) is 0 Å². The molecule has 2 fully saturated rings. The van der Waals surface area contributed by atoms with E-state index in [1.807, 2.05) is 18.2 Å². The van der Waals surface area contributed by atoms with Gasteiger partial charge in [0.05, 0.1) is 7.11 Å². The quantitative estimate of drug-likeness (QED) is 0.476. The molecule has 0 aliphatic carbocycles. The van der Waals surface area contributed by atoms with Crippen LogP contribution in [0.5, 0.6) is 0 Å². The molecule has 0 N–H and O–H groups in total. The van der Waals surface area contributed by atoms with Gasteiger partial charge in [-0.1, -0.05) is 36.4 Å². The number of carbonyl (C=O) groups is 2. The summed E-state index contributed by atoms with van der Waals surface area (Å²) in [4.78, 5) is 27.7. The molecule has 0 aromatic heterocycles. The van der Waals surface area contributed by atoms with Crippen molar-refractivity contribution in [3.8, 4) is 0 Å². The van der Waals surface area contributed by atoms with Crippen molar-refractivity contribution >= 4 is 11.8 Å². The highest BCUT2D eigenvalue weighted by atomic mass is 16.5. The van der Waals surface area contributed by atoms with Crippen molar-refractivity contribution in [2.45, 2.75) is 44.3 Å². The molecule has 1 aromatic carbocycles. The van der Waals surface area contributed by atoms with Crippen LogP contribution in [0.3, 0.4) is 0 Å². The summed E-state index contributed by atoms with van der Waals surface area (Å²) in [5.41, 5.74) is 0.120. The molecule has 1 aromatic rings. The summed E-state index contributed by atoms with van der Waals surface area (Å²) in [6.45, 7) is 4.53. The van der Waals surface area contributed by atoms with Gasteiger partial charge in [0.25, 0.3) is 0 Å². The largest absolute Gasteiger partial charge is 0.468 e. The molecule has 2 aliphatic heterocycles. The fraction of sp³-hybridized carbons (Fsp3) is 0.474. The van der Waals surface area contributed by atoms with Crippen LogP contribution in [-0.2, 0) is 20.9 Å². The summed E-state index contributed by atoms with van der Waals surface area (Å²) in [5.74, 6) is -0.396. The second-order valence-corrected chi connectivity index (χ2v) is 6.49. The zero-order chi connectivity index (χ0) is 16.4. The van der Waals surface area contributed by atoms with E-state index in [9.17, 15) is 9.59 Å². The standard InChI is InChI=1S/C19H23NO3/c1-3-11-19(18(22)23-2)16-10-9-15(12-17(19)21)20(16)13-14-7-5-4-6-8-14/h3-8,15-16H,1,9-13H2,2H3/t15-,16+,19-/m1/s1. The molecule has 0 spiro atoms. The number of hydrogen-bond acceptors (Lipinski definition) is 4. The van der Waals surface area contributed by atoms with Crippen molar-refractivity contribution in [1.29, 1.82) is 0 Å². The number of carbonyl (C=O) groups excluding carboxylic acids is 2. The molecule has 122 valence electrons. The number of ether oxygens (including phenoxy) is 1. The van der Waals surface area contributed by atoms with Crippen LogP contribution < -0.4 is 0 Å². The van der Waals surface area contributed by atoms with Gasteiger partial charge in [-0.25, -0.2) is 0 Å². The van der Waals surface area contributed by atoms with Gasteiger partial charge in [-0.15, -0.1) is 6.58 Å². The van der Waals surface area contributed by atoms with Crippen LogP contribution >= 0.6 is 0 Å². The van der Waals surface area contributed by atoms with Gasteiger partial charge in [-0.2, -0.15) is 0 Å².